The number of aromatic nitrogens is 6. The van der Waals surface area contributed by atoms with E-state index in [0.29, 0.717) is 0 Å². The van der Waals surface area contributed by atoms with Gasteiger partial charge in [0.25, 0.3) is 0 Å². The molecule has 6 aromatic heterocycles. The SMILES string of the molecule is COc1ccc(/C=C/c2ccnc(-c3cc(/C=C/c4ccc(OC)cc4)cc[n+]3C)c2)cc1.COc1ccc(/C=C/c2ccnc(-c3cc(/C=C/c4ccc(OC)cc4)ccn3)c2)cc1.COc1ccc(/C=C/c2ccnc(-c3cc(C)cc[n+]3C)c2)cc1.[Ru]. The number of methoxy groups -OCH3 is 5. The van der Waals surface area contributed by atoms with Crippen molar-refractivity contribution in [2.45, 2.75) is 6.92 Å². The Labute approximate surface area is 541 Å². The Morgan fingerprint density at radius 3 is 0.789 bits per heavy atom. The van der Waals surface area contributed by atoms with Gasteiger partial charge in [-0.05, 0) is 177 Å². The molecule has 0 radical (unpaired) electrons. The van der Waals surface area contributed by atoms with E-state index in [-0.39, 0.29) is 19.5 Å². The molecule has 0 N–H and O–H groups in total. The van der Waals surface area contributed by atoms with Crippen molar-refractivity contribution < 1.29 is 52.3 Å². The number of rotatable bonds is 18. The van der Waals surface area contributed by atoms with Crippen molar-refractivity contribution >= 4 is 60.8 Å². The van der Waals surface area contributed by atoms with Crippen LogP contribution in [0.5, 0.6) is 28.7 Å². The largest absolute Gasteiger partial charge is 0.497 e. The number of hydrogen-bond donors (Lipinski definition) is 0. The monoisotopic (exact) mass is 1270 g/mol. The van der Waals surface area contributed by atoms with E-state index in [1.807, 2.05) is 197 Å². The third kappa shape index (κ3) is 19.4. The summed E-state index contributed by atoms with van der Waals surface area (Å²) >= 11 is 0. The van der Waals surface area contributed by atoms with Crippen LogP contribution in [0.3, 0.4) is 0 Å². The van der Waals surface area contributed by atoms with E-state index in [0.717, 1.165) is 119 Å². The van der Waals surface area contributed by atoms with Gasteiger partial charge >= 0.3 is 0 Å². The Bertz CT molecular complexity index is 4140. The molecule has 5 aromatic carbocycles. The summed E-state index contributed by atoms with van der Waals surface area (Å²) in [5.74, 6) is 4.27. The van der Waals surface area contributed by atoms with E-state index in [4.69, 9.17) is 23.7 Å². The van der Waals surface area contributed by atoms with Crippen LogP contribution in [0.25, 0.3) is 94.9 Å². The summed E-state index contributed by atoms with van der Waals surface area (Å²) in [6.45, 7) is 2.09. The summed E-state index contributed by atoms with van der Waals surface area (Å²) in [4.78, 5) is 18.2. The maximum atomic E-state index is 5.23. The Kier molecular flexibility index (Phi) is 24.3. The standard InChI is InChI=1S/C29H27N2O2.C28H24N2O2.C21H21N2O.Ru/c1-31-19-17-25(7-5-23-10-14-27(33-3)15-11-23)21-29(31)28-20-24(16-18-30-28)6-4-22-8-12-26(32-2)13-9-22;1-31-25-11-7-21(8-12-25)3-5-23-15-17-29-27(19-23)28-20-24(16-18-30-28)6-4-22-9-13-26(32-2)14-10-22;1-16-11-13-23(2)21(14-16)20-15-18(10-12-22-20)5-4-17-6-8-19(24-3)9-7-17;/h4-21H,1-3H3;3-20H,1-2H3;4-15H,1-3H3;/q+1;;+1;/b6-4+,7-5+;5-3+,6-4+;5-4+;. The van der Waals surface area contributed by atoms with Crippen LogP contribution >= 0.6 is 0 Å². The van der Waals surface area contributed by atoms with Crippen molar-refractivity contribution in [1.82, 2.24) is 19.9 Å². The summed E-state index contributed by atoms with van der Waals surface area (Å²) in [7, 11) is 12.4. The van der Waals surface area contributed by atoms with Gasteiger partial charge in [0.2, 0.25) is 11.4 Å². The smallest absolute Gasteiger partial charge is 0.231 e. The molecule has 0 aliphatic carbocycles. The van der Waals surface area contributed by atoms with Gasteiger partial charge in [-0.1, -0.05) is 121 Å². The van der Waals surface area contributed by atoms with Gasteiger partial charge in [-0.3, -0.25) is 9.97 Å². The van der Waals surface area contributed by atoms with Gasteiger partial charge in [0, 0.05) is 68.5 Å². The number of hydrogen-bond acceptors (Lipinski definition) is 9. The minimum absolute atomic E-state index is 0. The second-order valence-corrected chi connectivity index (χ2v) is 20.6. The van der Waals surface area contributed by atoms with Gasteiger partial charge in [-0.25, -0.2) is 9.97 Å². The fraction of sp³-hybridized carbons (Fsp3) is 0.103. The van der Waals surface area contributed by atoms with Crippen LogP contribution in [0, 0.1) is 6.92 Å². The van der Waals surface area contributed by atoms with Gasteiger partial charge in [0.1, 0.15) is 54.2 Å². The van der Waals surface area contributed by atoms with Gasteiger partial charge in [0.05, 0.1) is 46.9 Å². The molecule has 12 heteroatoms. The van der Waals surface area contributed by atoms with Crippen LogP contribution in [-0.4, -0.2) is 55.5 Å². The summed E-state index contributed by atoms with van der Waals surface area (Å²) in [6.07, 6.45) is 32.3. The Balaban J connectivity index is 0.000000176. The molecule has 11 aromatic rings. The third-order valence-corrected chi connectivity index (χ3v) is 14.3. The Morgan fingerprint density at radius 2 is 0.500 bits per heavy atom. The van der Waals surface area contributed by atoms with Crippen LogP contribution in [0.15, 0.2) is 231 Å². The molecule has 0 bridgehead atoms. The molecule has 0 unspecified atom stereocenters. The average Bonchev–Trinajstić information content (AvgIpc) is 3.25. The second kappa shape index (κ2) is 33.4. The first-order valence-corrected chi connectivity index (χ1v) is 29.0. The first kappa shape index (κ1) is 65.3. The molecule has 0 spiro atoms. The molecule has 11 rings (SSSR count). The van der Waals surface area contributed by atoms with Gasteiger partial charge in [0.15, 0.2) is 12.4 Å². The normalized spacial score (nSPS) is 11.0. The molecule has 0 atom stereocenters. The summed E-state index contributed by atoms with van der Waals surface area (Å²) in [6, 6.07) is 64.7. The predicted octanol–water partition coefficient (Wildman–Crippen LogP) is 16.5. The van der Waals surface area contributed by atoms with Crippen LogP contribution < -0.4 is 32.8 Å². The maximum absolute atomic E-state index is 5.23. The molecular formula is C78H72N6O5Ru+2. The van der Waals surface area contributed by atoms with Crippen LogP contribution in [0.2, 0.25) is 0 Å². The molecule has 0 aliphatic heterocycles. The van der Waals surface area contributed by atoms with E-state index in [2.05, 4.69) is 146 Å². The van der Waals surface area contributed by atoms with E-state index in [1.165, 1.54) is 5.56 Å². The van der Waals surface area contributed by atoms with Crippen molar-refractivity contribution in [3.8, 4) is 62.9 Å². The zero-order chi connectivity index (χ0) is 62.2. The van der Waals surface area contributed by atoms with Crippen molar-refractivity contribution in [1.29, 1.82) is 0 Å². The molecule has 0 amide bonds. The van der Waals surface area contributed by atoms with E-state index in [9.17, 15) is 0 Å². The third-order valence-electron chi connectivity index (χ3n) is 14.3. The zero-order valence-electron chi connectivity index (χ0n) is 51.8. The van der Waals surface area contributed by atoms with Crippen LogP contribution in [0.1, 0.15) is 61.2 Å². The molecule has 0 aliphatic rings. The number of pyridine rings is 6. The number of aryl methyl sites for hydroxylation is 3. The topological polar surface area (TPSA) is 105 Å². The van der Waals surface area contributed by atoms with Crippen molar-refractivity contribution in [3.05, 3.63) is 293 Å². The van der Waals surface area contributed by atoms with E-state index in [1.54, 1.807) is 35.5 Å². The molecule has 450 valence electrons. The molecule has 0 saturated heterocycles. The van der Waals surface area contributed by atoms with Gasteiger partial charge in [-0.15, -0.1) is 0 Å². The number of nitrogens with zero attached hydrogens (tertiary/aromatic N) is 6. The zero-order valence-corrected chi connectivity index (χ0v) is 53.5. The van der Waals surface area contributed by atoms with E-state index < -0.39 is 0 Å². The first-order valence-electron chi connectivity index (χ1n) is 29.0. The van der Waals surface area contributed by atoms with Crippen molar-refractivity contribution in [3.63, 3.8) is 0 Å². The number of ether oxygens (including phenoxy) is 5. The predicted molar refractivity (Wildman–Crippen MR) is 364 cm³/mol. The van der Waals surface area contributed by atoms with Gasteiger partial charge < -0.3 is 23.7 Å². The fourth-order valence-electron chi connectivity index (χ4n) is 9.17. The molecule has 11 nitrogen and oxygen atoms in total. The summed E-state index contributed by atoms with van der Waals surface area (Å²) in [5, 5.41) is 0. The van der Waals surface area contributed by atoms with Crippen LogP contribution in [-0.2, 0) is 33.6 Å². The summed E-state index contributed by atoms with van der Waals surface area (Å²) < 4.78 is 30.2. The second-order valence-electron chi connectivity index (χ2n) is 20.6. The Morgan fingerprint density at radius 1 is 0.267 bits per heavy atom. The molecule has 90 heavy (non-hydrogen) atoms. The van der Waals surface area contributed by atoms with Crippen molar-refractivity contribution in [2.24, 2.45) is 14.1 Å². The fourth-order valence-corrected chi connectivity index (χ4v) is 9.17. The summed E-state index contributed by atoms with van der Waals surface area (Å²) in [5.41, 5.74) is 18.0. The Hall–Kier alpha value is -10.7. The molecular weight excluding hydrogens is 1200 g/mol. The van der Waals surface area contributed by atoms with Crippen LogP contribution in [0.4, 0.5) is 0 Å². The molecule has 0 saturated carbocycles. The van der Waals surface area contributed by atoms with E-state index >= 15 is 0 Å². The maximum Gasteiger partial charge on any atom is 0.231 e. The quantitative estimate of drug-likeness (QED) is 0.0613. The molecule has 6 heterocycles. The van der Waals surface area contributed by atoms with Gasteiger partial charge in [-0.2, -0.15) is 9.13 Å². The number of benzene rings is 5. The average molecular weight is 1270 g/mol. The minimum atomic E-state index is 0. The molecule has 0 fully saturated rings. The first-order chi connectivity index (χ1) is 43.5. The minimum Gasteiger partial charge on any atom is -0.497 e. The van der Waals surface area contributed by atoms with Crippen molar-refractivity contribution in [2.75, 3.05) is 35.5 Å².